The summed E-state index contributed by atoms with van der Waals surface area (Å²) < 4.78 is 39.4. The van der Waals surface area contributed by atoms with E-state index in [1.165, 1.54) is 16.4 Å². The Morgan fingerprint density at radius 2 is 1.84 bits per heavy atom. The highest BCUT2D eigenvalue weighted by atomic mass is 35.5. The highest BCUT2D eigenvalue weighted by molar-refractivity contribution is 7.89. The summed E-state index contributed by atoms with van der Waals surface area (Å²) in [5.74, 6) is -0.465. The van der Waals surface area contributed by atoms with Crippen molar-refractivity contribution in [3.05, 3.63) is 29.6 Å². The lowest BCUT2D eigenvalue weighted by molar-refractivity contribution is 0.346. The Bertz CT molecular complexity index is 531. The van der Waals surface area contributed by atoms with Crippen LogP contribution in [0.25, 0.3) is 0 Å². The molecule has 2 N–H and O–H groups in total. The van der Waals surface area contributed by atoms with Crippen LogP contribution in [-0.4, -0.2) is 25.8 Å². The summed E-state index contributed by atoms with van der Waals surface area (Å²) in [6.45, 7) is 1.08. The van der Waals surface area contributed by atoms with Gasteiger partial charge in [-0.25, -0.2) is 12.8 Å². The number of hydrogen-bond donors (Lipinski definition) is 1. The van der Waals surface area contributed by atoms with Crippen LogP contribution in [-0.2, 0) is 16.6 Å². The molecule has 2 rings (SSSR count). The highest BCUT2D eigenvalue weighted by Gasteiger charge is 2.27. The van der Waals surface area contributed by atoms with Gasteiger partial charge in [-0.2, -0.15) is 4.31 Å². The van der Waals surface area contributed by atoms with Crippen LogP contribution in [0.4, 0.5) is 4.39 Å². The SMILES string of the molecule is Cl.NCc1cc(F)ccc1S(=O)(=O)N1CCCCC1. The standard InChI is InChI=1S/C12H17FN2O2S.ClH/c13-11-4-5-12(10(8-11)9-14)18(16,17)15-6-2-1-3-7-15;/h4-5,8H,1-3,6-7,9,14H2;1H. The van der Waals surface area contributed by atoms with Gasteiger partial charge in [0, 0.05) is 19.6 Å². The van der Waals surface area contributed by atoms with Gasteiger partial charge in [-0.15, -0.1) is 12.4 Å². The number of sulfonamides is 1. The monoisotopic (exact) mass is 308 g/mol. The first-order valence-electron chi connectivity index (χ1n) is 6.04. The fourth-order valence-corrected chi connectivity index (χ4v) is 3.93. The van der Waals surface area contributed by atoms with Crippen molar-refractivity contribution in [1.29, 1.82) is 0 Å². The molecular formula is C12H18ClFN2O2S. The molecule has 0 spiro atoms. The molecule has 1 aliphatic rings. The highest BCUT2D eigenvalue weighted by Crippen LogP contribution is 2.24. The molecule has 0 bridgehead atoms. The van der Waals surface area contributed by atoms with Crippen molar-refractivity contribution in [2.24, 2.45) is 5.73 Å². The van der Waals surface area contributed by atoms with E-state index in [4.69, 9.17) is 5.73 Å². The van der Waals surface area contributed by atoms with Crippen molar-refractivity contribution >= 4 is 22.4 Å². The number of piperidine rings is 1. The molecule has 0 aliphatic carbocycles. The van der Waals surface area contributed by atoms with E-state index in [0.717, 1.165) is 25.3 Å². The van der Waals surface area contributed by atoms with E-state index in [-0.39, 0.29) is 23.8 Å². The van der Waals surface area contributed by atoms with Crippen molar-refractivity contribution in [1.82, 2.24) is 4.31 Å². The molecule has 4 nitrogen and oxygen atoms in total. The summed E-state index contributed by atoms with van der Waals surface area (Å²) in [6.07, 6.45) is 2.80. The molecule has 0 amide bonds. The van der Waals surface area contributed by atoms with Gasteiger partial charge in [-0.05, 0) is 36.6 Å². The van der Waals surface area contributed by atoms with Crippen LogP contribution < -0.4 is 5.73 Å². The molecule has 0 unspecified atom stereocenters. The molecule has 19 heavy (non-hydrogen) atoms. The van der Waals surface area contributed by atoms with Gasteiger partial charge in [0.25, 0.3) is 0 Å². The Morgan fingerprint density at radius 3 is 2.42 bits per heavy atom. The van der Waals surface area contributed by atoms with Gasteiger partial charge >= 0.3 is 0 Å². The minimum atomic E-state index is -3.53. The van der Waals surface area contributed by atoms with Gasteiger partial charge in [-0.3, -0.25) is 0 Å². The molecule has 1 heterocycles. The summed E-state index contributed by atoms with van der Waals surface area (Å²) >= 11 is 0. The lowest BCUT2D eigenvalue weighted by Gasteiger charge is -2.26. The first-order chi connectivity index (χ1) is 8.55. The largest absolute Gasteiger partial charge is 0.326 e. The Labute approximate surface area is 119 Å². The molecule has 1 saturated heterocycles. The Kier molecular flexibility index (Phi) is 5.73. The lowest BCUT2D eigenvalue weighted by Crippen LogP contribution is -2.36. The van der Waals surface area contributed by atoms with Gasteiger partial charge in [0.15, 0.2) is 0 Å². The molecule has 0 atom stereocenters. The van der Waals surface area contributed by atoms with E-state index >= 15 is 0 Å². The number of nitrogens with two attached hydrogens (primary N) is 1. The van der Waals surface area contributed by atoms with Crippen molar-refractivity contribution < 1.29 is 12.8 Å². The minimum absolute atomic E-state index is 0. The summed E-state index contributed by atoms with van der Waals surface area (Å²) in [4.78, 5) is 0.133. The quantitative estimate of drug-likeness (QED) is 0.927. The van der Waals surface area contributed by atoms with Crippen LogP contribution in [0.5, 0.6) is 0 Å². The maximum atomic E-state index is 13.1. The predicted molar refractivity (Wildman–Crippen MR) is 74.1 cm³/mol. The van der Waals surface area contributed by atoms with E-state index in [1.54, 1.807) is 0 Å². The molecular weight excluding hydrogens is 291 g/mol. The Hall–Kier alpha value is -0.690. The third-order valence-electron chi connectivity index (χ3n) is 3.18. The van der Waals surface area contributed by atoms with Gasteiger partial charge in [0.05, 0.1) is 4.90 Å². The van der Waals surface area contributed by atoms with E-state index < -0.39 is 15.8 Å². The van der Waals surface area contributed by atoms with Crippen LogP contribution >= 0.6 is 12.4 Å². The predicted octanol–water partition coefficient (Wildman–Crippen LogP) is 1.88. The van der Waals surface area contributed by atoms with Crippen LogP contribution in [0, 0.1) is 5.82 Å². The second-order valence-electron chi connectivity index (χ2n) is 4.42. The zero-order chi connectivity index (χ0) is 13.2. The minimum Gasteiger partial charge on any atom is -0.326 e. The molecule has 1 fully saturated rings. The number of benzene rings is 1. The zero-order valence-electron chi connectivity index (χ0n) is 10.5. The molecule has 1 aliphatic heterocycles. The maximum Gasteiger partial charge on any atom is 0.243 e. The molecule has 0 saturated carbocycles. The van der Waals surface area contributed by atoms with Gasteiger partial charge in [0.2, 0.25) is 10.0 Å². The average Bonchev–Trinajstić information content (AvgIpc) is 2.39. The van der Waals surface area contributed by atoms with Gasteiger partial charge < -0.3 is 5.73 Å². The number of hydrogen-bond acceptors (Lipinski definition) is 3. The van der Waals surface area contributed by atoms with Crippen molar-refractivity contribution in [2.45, 2.75) is 30.7 Å². The molecule has 7 heteroatoms. The van der Waals surface area contributed by atoms with E-state index in [9.17, 15) is 12.8 Å². The van der Waals surface area contributed by atoms with Crippen molar-refractivity contribution in [3.63, 3.8) is 0 Å². The van der Waals surface area contributed by atoms with Crippen LogP contribution in [0.3, 0.4) is 0 Å². The molecule has 1 aromatic rings. The van der Waals surface area contributed by atoms with Gasteiger partial charge in [-0.1, -0.05) is 6.42 Å². The third kappa shape index (κ3) is 3.45. The van der Waals surface area contributed by atoms with E-state index in [2.05, 4.69) is 0 Å². The Morgan fingerprint density at radius 1 is 1.21 bits per heavy atom. The topological polar surface area (TPSA) is 63.4 Å². The van der Waals surface area contributed by atoms with Crippen molar-refractivity contribution in [2.75, 3.05) is 13.1 Å². The summed E-state index contributed by atoms with van der Waals surface area (Å²) in [5.41, 5.74) is 5.83. The van der Waals surface area contributed by atoms with Crippen molar-refractivity contribution in [3.8, 4) is 0 Å². The first kappa shape index (κ1) is 16.4. The molecule has 108 valence electrons. The normalized spacial score (nSPS) is 16.9. The smallest absolute Gasteiger partial charge is 0.243 e. The first-order valence-corrected chi connectivity index (χ1v) is 7.48. The average molecular weight is 309 g/mol. The summed E-state index contributed by atoms with van der Waals surface area (Å²) in [7, 11) is -3.53. The van der Waals surface area contributed by atoms with Crippen LogP contribution in [0.1, 0.15) is 24.8 Å². The fraction of sp³-hybridized carbons (Fsp3) is 0.500. The maximum absolute atomic E-state index is 13.1. The van der Waals surface area contributed by atoms with E-state index in [1.807, 2.05) is 0 Å². The number of halogens is 2. The second-order valence-corrected chi connectivity index (χ2v) is 6.33. The Balaban J connectivity index is 0.00000180. The second kappa shape index (κ2) is 6.65. The summed E-state index contributed by atoms with van der Waals surface area (Å²) in [6, 6.07) is 3.66. The molecule has 0 aromatic heterocycles. The molecule has 1 aromatic carbocycles. The fourth-order valence-electron chi connectivity index (χ4n) is 2.20. The third-order valence-corrected chi connectivity index (χ3v) is 5.17. The van der Waals surface area contributed by atoms with Gasteiger partial charge in [0.1, 0.15) is 5.82 Å². The van der Waals surface area contributed by atoms with Crippen LogP contribution in [0.15, 0.2) is 23.1 Å². The zero-order valence-corrected chi connectivity index (χ0v) is 12.1. The lowest BCUT2D eigenvalue weighted by atomic mass is 10.2. The van der Waals surface area contributed by atoms with E-state index in [0.29, 0.717) is 18.7 Å². The number of rotatable bonds is 3. The summed E-state index contributed by atoms with van der Waals surface area (Å²) in [5, 5.41) is 0. The van der Waals surface area contributed by atoms with Crippen LogP contribution in [0.2, 0.25) is 0 Å². The number of nitrogens with zero attached hydrogens (tertiary/aromatic N) is 1. The molecule has 0 radical (unpaired) electrons.